The first kappa shape index (κ1) is 12.2. The number of hydrogen-bond acceptors (Lipinski definition) is 3. The van der Waals surface area contributed by atoms with Crippen molar-refractivity contribution >= 4 is 12.0 Å². The molecule has 0 aromatic carbocycles. The fourth-order valence-corrected chi connectivity index (χ4v) is 2.63. The maximum atomic E-state index is 12.0. The normalized spacial score (nSPS) is 27.1. The predicted molar refractivity (Wildman–Crippen MR) is 61.5 cm³/mol. The number of aliphatic carboxylic acids is 1. The van der Waals surface area contributed by atoms with E-state index in [1.165, 1.54) is 0 Å². The van der Waals surface area contributed by atoms with Gasteiger partial charge in [-0.15, -0.1) is 0 Å². The monoisotopic (exact) mass is 241 g/mol. The van der Waals surface area contributed by atoms with Crippen molar-refractivity contribution in [3.05, 3.63) is 0 Å². The Labute approximate surface area is 100 Å². The molecule has 0 radical (unpaired) electrons. The number of hydrogen-bond donors (Lipinski definition) is 3. The minimum absolute atomic E-state index is 0.0186. The third-order valence-electron chi connectivity index (χ3n) is 3.72. The van der Waals surface area contributed by atoms with Crippen molar-refractivity contribution in [2.75, 3.05) is 13.1 Å². The molecule has 4 N–H and O–H groups in total. The Hall–Kier alpha value is -1.30. The smallest absolute Gasteiger partial charge is 0.329 e. The molecule has 1 heterocycles. The van der Waals surface area contributed by atoms with Gasteiger partial charge in [0, 0.05) is 19.1 Å². The lowest BCUT2D eigenvalue weighted by molar-refractivity contribution is -0.144. The number of urea groups is 1. The molecule has 0 aromatic heterocycles. The van der Waals surface area contributed by atoms with Gasteiger partial charge in [-0.05, 0) is 19.3 Å². The molecule has 1 atom stereocenters. The summed E-state index contributed by atoms with van der Waals surface area (Å²) in [5.41, 5.74) is 4.67. The summed E-state index contributed by atoms with van der Waals surface area (Å²) in [5.74, 6) is -0.924. The van der Waals surface area contributed by atoms with Gasteiger partial charge in [0.2, 0.25) is 0 Å². The Kier molecular flexibility index (Phi) is 3.24. The maximum absolute atomic E-state index is 12.0. The van der Waals surface area contributed by atoms with Crippen LogP contribution in [0.4, 0.5) is 4.79 Å². The number of amides is 2. The van der Waals surface area contributed by atoms with Crippen LogP contribution < -0.4 is 11.1 Å². The topological polar surface area (TPSA) is 95.7 Å². The molecule has 2 amide bonds. The summed E-state index contributed by atoms with van der Waals surface area (Å²) in [5, 5.41) is 11.9. The van der Waals surface area contributed by atoms with Crippen LogP contribution in [0.5, 0.6) is 0 Å². The second-order valence-electron chi connectivity index (χ2n) is 5.02. The number of likely N-dealkylation sites (tertiary alicyclic amines) is 1. The van der Waals surface area contributed by atoms with Crippen LogP contribution in [0.15, 0.2) is 0 Å². The number of carbonyl (C=O) groups is 2. The van der Waals surface area contributed by atoms with Crippen LogP contribution in [-0.4, -0.2) is 46.7 Å². The molecule has 1 aliphatic heterocycles. The molecule has 2 fully saturated rings. The zero-order valence-corrected chi connectivity index (χ0v) is 9.82. The molecule has 1 saturated heterocycles. The summed E-state index contributed by atoms with van der Waals surface area (Å²) in [4.78, 5) is 24.8. The molecule has 1 unspecified atom stereocenters. The summed E-state index contributed by atoms with van der Waals surface area (Å²) in [6.45, 7) is 1.13. The van der Waals surface area contributed by atoms with Gasteiger partial charge in [-0.2, -0.15) is 0 Å². The first-order chi connectivity index (χ1) is 8.03. The van der Waals surface area contributed by atoms with Crippen LogP contribution in [-0.2, 0) is 4.79 Å². The third kappa shape index (κ3) is 2.36. The number of carboxylic acids is 1. The van der Waals surface area contributed by atoms with Gasteiger partial charge < -0.3 is 21.1 Å². The van der Waals surface area contributed by atoms with Crippen molar-refractivity contribution in [3.63, 3.8) is 0 Å². The molecule has 96 valence electrons. The lowest BCUT2D eigenvalue weighted by Gasteiger charge is -2.28. The highest BCUT2D eigenvalue weighted by atomic mass is 16.4. The Morgan fingerprint density at radius 1 is 1.35 bits per heavy atom. The number of nitrogens with zero attached hydrogens (tertiary/aromatic N) is 1. The Morgan fingerprint density at radius 2 is 2.00 bits per heavy atom. The van der Waals surface area contributed by atoms with Crippen LogP contribution in [0.2, 0.25) is 0 Å². The highest BCUT2D eigenvalue weighted by molar-refractivity contribution is 5.86. The van der Waals surface area contributed by atoms with Gasteiger partial charge >= 0.3 is 12.0 Å². The number of carbonyl (C=O) groups excluding carboxylic acids is 1. The van der Waals surface area contributed by atoms with Gasteiger partial charge in [-0.25, -0.2) is 9.59 Å². The Balaban J connectivity index is 1.99. The van der Waals surface area contributed by atoms with Crippen molar-refractivity contribution in [3.8, 4) is 0 Å². The Morgan fingerprint density at radius 3 is 2.47 bits per heavy atom. The maximum Gasteiger partial charge on any atom is 0.329 e. The average Bonchev–Trinajstić information content (AvgIpc) is 2.87. The summed E-state index contributed by atoms with van der Waals surface area (Å²) >= 11 is 0. The Bertz CT molecular complexity index is 326. The van der Waals surface area contributed by atoms with E-state index in [-0.39, 0.29) is 12.1 Å². The van der Waals surface area contributed by atoms with E-state index in [0.717, 1.165) is 19.3 Å². The second-order valence-corrected chi connectivity index (χ2v) is 5.02. The quantitative estimate of drug-likeness (QED) is 0.640. The van der Waals surface area contributed by atoms with Gasteiger partial charge in [-0.3, -0.25) is 0 Å². The number of nitrogens with two attached hydrogens (primary N) is 1. The summed E-state index contributed by atoms with van der Waals surface area (Å²) in [7, 11) is 0. The van der Waals surface area contributed by atoms with Gasteiger partial charge in [0.25, 0.3) is 0 Å². The molecule has 0 spiro atoms. The van der Waals surface area contributed by atoms with E-state index in [0.29, 0.717) is 25.9 Å². The van der Waals surface area contributed by atoms with Crippen LogP contribution in [0.3, 0.4) is 0 Å². The van der Waals surface area contributed by atoms with E-state index >= 15 is 0 Å². The standard InChI is InChI=1S/C11H19N3O3/c12-8-3-6-14(7-8)10(17)13-11(9(15)16)4-1-2-5-11/h8H,1-7,12H2,(H,13,17)(H,15,16). The van der Waals surface area contributed by atoms with E-state index < -0.39 is 11.5 Å². The van der Waals surface area contributed by atoms with Gasteiger partial charge in [0.15, 0.2) is 0 Å². The van der Waals surface area contributed by atoms with Crippen molar-refractivity contribution in [1.82, 2.24) is 10.2 Å². The van der Waals surface area contributed by atoms with Crippen molar-refractivity contribution in [1.29, 1.82) is 0 Å². The number of nitrogens with one attached hydrogen (secondary N) is 1. The zero-order chi connectivity index (χ0) is 12.5. The third-order valence-corrected chi connectivity index (χ3v) is 3.72. The highest BCUT2D eigenvalue weighted by Gasteiger charge is 2.43. The number of rotatable bonds is 2. The van der Waals surface area contributed by atoms with E-state index in [1.54, 1.807) is 4.90 Å². The summed E-state index contributed by atoms with van der Waals surface area (Å²) in [6, 6.07) is -0.271. The van der Waals surface area contributed by atoms with Gasteiger partial charge in [-0.1, -0.05) is 12.8 Å². The van der Waals surface area contributed by atoms with E-state index in [2.05, 4.69) is 5.32 Å². The molecular weight excluding hydrogens is 222 g/mol. The first-order valence-corrected chi connectivity index (χ1v) is 6.09. The van der Waals surface area contributed by atoms with Crippen LogP contribution in [0, 0.1) is 0 Å². The fourth-order valence-electron chi connectivity index (χ4n) is 2.63. The highest BCUT2D eigenvalue weighted by Crippen LogP contribution is 2.30. The molecule has 6 nitrogen and oxygen atoms in total. The molecule has 0 bridgehead atoms. The molecule has 0 aromatic rings. The zero-order valence-electron chi connectivity index (χ0n) is 9.82. The molecule has 1 saturated carbocycles. The minimum atomic E-state index is -1.05. The largest absolute Gasteiger partial charge is 0.480 e. The van der Waals surface area contributed by atoms with E-state index in [4.69, 9.17) is 5.73 Å². The summed E-state index contributed by atoms with van der Waals surface area (Å²) < 4.78 is 0. The fraction of sp³-hybridized carbons (Fsp3) is 0.818. The molecule has 17 heavy (non-hydrogen) atoms. The summed E-state index contributed by atoms with van der Waals surface area (Å²) in [6.07, 6.45) is 3.54. The molecule has 1 aliphatic carbocycles. The number of carboxylic acid groups (broad SMARTS) is 1. The van der Waals surface area contributed by atoms with Crippen molar-refractivity contribution < 1.29 is 14.7 Å². The van der Waals surface area contributed by atoms with E-state index in [1.807, 2.05) is 0 Å². The first-order valence-electron chi connectivity index (χ1n) is 6.09. The van der Waals surface area contributed by atoms with Crippen molar-refractivity contribution in [2.24, 2.45) is 5.73 Å². The molecule has 2 rings (SSSR count). The molecular formula is C11H19N3O3. The van der Waals surface area contributed by atoms with Crippen LogP contribution in [0.1, 0.15) is 32.1 Å². The molecule has 2 aliphatic rings. The van der Waals surface area contributed by atoms with Gasteiger partial charge in [0.1, 0.15) is 5.54 Å². The van der Waals surface area contributed by atoms with Gasteiger partial charge in [0.05, 0.1) is 0 Å². The second kappa shape index (κ2) is 4.52. The lowest BCUT2D eigenvalue weighted by atomic mass is 9.98. The van der Waals surface area contributed by atoms with E-state index in [9.17, 15) is 14.7 Å². The van der Waals surface area contributed by atoms with Crippen LogP contribution >= 0.6 is 0 Å². The predicted octanol–water partition coefficient (Wildman–Crippen LogP) is 0.126. The van der Waals surface area contributed by atoms with Crippen LogP contribution in [0.25, 0.3) is 0 Å². The van der Waals surface area contributed by atoms with Crippen molar-refractivity contribution in [2.45, 2.75) is 43.7 Å². The molecule has 6 heteroatoms. The minimum Gasteiger partial charge on any atom is -0.480 e. The lowest BCUT2D eigenvalue weighted by Crippen LogP contribution is -2.56. The SMILES string of the molecule is NC1CCN(C(=O)NC2(C(=O)O)CCCC2)C1. The average molecular weight is 241 g/mol.